The van der Waals surface area contributed by atoms with Crippen molar-refractivity contribution < 1.29 is 9.72 Å². The molecule has 1 aromatic carbocycles. The lowest BCUT2D eigenvalue weighted by atomic mass is 10.1. The Morgan fingerprint density at radius 1 is 1.50 bits per heavy atom. The highest BCUT2D eigenvalue weighted by molar-refractivity contribution is 5.98. The summed E-state index contributed by atoms with van der Waals surface area (Å²) >= 11 is 0. The fourth-order valence-corrected chi connectivity index (χ4v) is 1.62. The van der Waals surface area contributed by atoms with Crippen LogP contribution >= 0.6 is 0 Å². The van der Waals surface area contributed by atoms with Crippen molar-refractivity contribution in [2.75, 3.05) is 6.54 Å². The molecular weight excluding hydrogens is 232 g/mol. The van der Waals surface area contributed by atoms with Gasteiger partial charge in [-0.3, -0.25) is 14.9 Å². The summed E-state index contributed by atoms with van der Waals surface area (Å²) in [6.45, 7) is 3.98. The van der Waals surface area contributed by atoms with Crippen LogP contribution in [0.15, 0.2) is 30.4 Å². The van der Waals surface area contributed by atoms with Crippen molar-refractivity contribution >= 4 is 11.6 Å². The van der Waals surface area contributed by atoms with Gasteiger partial charge in [0, 0.05) is 12.1 Å². The summed E-state index contributed by atoms with van der Waals surface area (Å²) < 4.78 is 0. The van der Waals surface area contributed by atoms with Gasteiger partial charge >= 0.3 is 0 Å². The number of carbonyl (C=O) groups is 1. The number of benzene rings is 1. The quantitative estimate of drug-likeness (QED) is 0.377. The number of aryl methyl sites for hydroxylation is 1. The van der Waals surface area contributed by atoms with Gasteiger partial charge in [-0.15, -0.1) is 0 Å². The summed E-state index contributed by atoms with van der Waals surface area (Å²) in [6.07, 6.45) is 4.52. The zero-order chi connectivity index (χ0) is 13.5. The minimum Gasteiger partial charge on any atom is -0.352 e. The van der Waals surface area contributed by atoms with E-state index in [1.54, 1.807) is 19.1 Å². The predicted octanol–water partition coefficient (Wildman–Crippen LogP) is 2.60. The van der Waals surface area contributed by atoms with E-state index in [9.17, 15) is 14.9 Å². The Morgan fingerprint density at radius 2 is 2.22 bits per heavy atom. The molecule has 5 nitrogen and oxygen atoms in total. The van der Waals surface area contributed by atoms with Crippen LogP contribution in [0.2, 0.25) is 0 Å². The largest absolute Gasteiger partial charge is 0.352 e. The molecule has 96 valence electrons. The minimum atomic E-state index is -0.518. The van der Waals surface area contributed by atoms with Crippen LogP contribution in [0.25, 0.3) is 0 Å². The van der Waals surface area contributed by atoms with Crippen LogP contribution in [0.5, 0.6) is 0 Å². The first-order valence-electron chi connectivity index (χ1n) is 5.71. The molecule has 1 N–H and O–H groups in total. The van der Waals surface area contributed by atoms with E-state index in [4.69, 9.17) is 0 Å². The number of amides is 1. The Morgan fingerprint density at radius 3 is 2.83 bits per heavy atom. The van der Waals surface area contributed by atoms with Crippen molar-refractivity contribution in [2.24, 2.45) is 0 Å². The number of carbonyl (C=O) groups excluding carboxylic acids is 1. The smallest absolute Gasteiger partial charge is 0.285 e. The van der Waals surface area contributed by atoms with Gasteiger partial charge in [0.15, 0.2) is 0 Å². The number of rotatable bonds is 5. The van der Waals surface area contributed by atoms with Crippen LogP contribution in [-0.4, -0.2) is 17.4 Å². The molecule has 0 spiro atoms. The van der Waals surface area contributed by atoms with Crippen molar-refractivity contribution in [2.45, 2.75) is 20.3 Å². The maximum absolute atomic E-state index is 11.8. The molecule has 5 heteroatoms. The van der Waals surface area contributed by atoms with Gasteiger partial charge in [-0.05, 0) is 26.3 Å². The lowest BCUT2D eigenvalue weighted by Gasteiger charge is -2.06. The SMILES string of the molecule is C/C=C/CCNC(=O)c1cccc(C)c1[N+](=O)[O-]. The third-order valence-electron chi connectivity index (χ3n) is 2.50. The third kappa shape index (κ3) is 3.41. The molecule has 0 atom stereocenters. The van der Waals surface area contributed by atoms with Crippen LogP contribution < -0.4 is 5.32 Å². The van der Waals surface area contributed by atoms with Gasteiger partial charge in [-0.1, -0.05) is 24.3 Å². The zero-order valence-corrected chi connectivity index (χ0v) is 10.5. The minimum absolute atomic E-state index is 0.112. The molecule has 1 aromatic rings. The molecule has 0 saturated heterocycles. The number of hydrogen-bond acceptors (Lipinski definition) is 3. The monoisotopic (exact) mass is 248 g/mol. The van der Waals surface area contributed by atoms with Crippen molar-refractivity contribution in [3.63, 3.8) is 0 Å². The maximum Gasteiger partial charge on any atom is 0.285 e. The van der Waals surface area contributed by atoms with Crippen molar-refractivity contribution in [3.8, 4) is 0 Å². The summed E-state index contributed by atoms with van der Waals surface area (Å²) in [5, 5.41) is 13.6. The lowest BCUT2D eigenvalue weighted by molar-refractivity contribution is -0.385. The standard InChI is InChI=1S/C13H16N2O3/c1-3-4-5-9-14-13(16)11-8-6-7-10(2)12(11)15(17)18/h3-4,6-8H,5,9H2,1-2H3,(H,14,16)/b4-3+. The van der Waals surface area contributed by atoms with Gasteiger partial charge in [-0.2, -0.15) is 0 Å². The number of nitrogens with zero attached hydrogens (tertiary/aromatic N) is 1. The number of para-hydroxylation sites is 1. The van der Waals surface area contributed by atoms with E-state index in [2.05, 4.69) is 5.32 Å². The molecule has 0 aliphatic carbocycles. The highest BCUT2D eigenvalue weighted by Gasteiger charge is 2.21. The molecule has 0 radical (unpaired) electrons. The van der Waals surface area contributed by atoms with Crippen molar-refractivity contribution in [3.05, 3.63) is 51.6 Å². The molecule has 1 amide bonds. The fraction of sp³-hybridized carbons (Fsp3) is 0.308. The molecule has 0 aromatic heterocycles. The molecule has 0 heterocycles. The van der Waals surface area contributed by atoms with Gasteiger partial charge in [0.25, 0.3) is 11.6 Å². The van der Waals surface area contributed by atoms with Crippen molar-refractivity contribution in [1.82, 2.24) is 5.32 Å². The first-order chi connectivity index (χ1) is 8.57. The molecule has 0 bridgehead atoms. The van der Waals surface area contributed by atoms with E-state index < -0.39 is 10.8 Å². The second kappa shape index (κ2) is 6.54. The van der Waals surface area contributed by atoms with Gasteiger partial charge in [0.05, 0.1) is 4.92 Å². The Balaban J connectivity index is 2.85. The van der Waals surface area contributed by atoms with Crippen LogP contribution in [0, 0.1) is 17.0 Å². The second-order valence-corrected chi connectivity index (χ2v) is 3.84. The first kappa shape index (κ1) is 13.9. The lowest BCUT2D eigenvalue weighted by Crippen LogP contribution is -2.25. The Hall–Kier alpha value is -2.17. The number of hydrogen-bond donors (Lipinski definition) is 1. The molecular formula is C13H16N2O3. The van der Waals surface area contributed by atoms with Crippen LogP contribution in [-0.2, 0) is 0 Å². The normalized spacial score (nSPS) is 10.6. The van der Waals surface area contributed by atoms with E-state index in [1.165, 1.54) is 6.07 Å². The van der Waals surface area contributed by atoms with Crippen LogP contribution in [0.4, 0.5) is 5.69 Å². The summed E-state index contributed by atoms with van der Waals surface area (Å²) in [4.78, 5) is 22.3. The topological polar surface area (TPSA) is 72.2 Å². The predicted molar refractivity (Wildman–Crippen MR) is 69.6 cm³/mol. The van der Waals surface area contributed by atoms with E-state index >= 15 is 0 Å². The summed E-state index contributed by atoms with van der Waals surface area (Å²) in [5.74, 6) is -0.407. The van der Waals surface area contributed by atoms with Gasteiger partial charge in [-0.25, -0.2) is 0 Å². The number of nitrogens with one attached hydrogen (secondary N) is 1. The van der Waals surface area contributed by atoms with Crippen LogP contribution in [0.3, 0.4) is 0 Å². The summed E-state index contributed by atoms with van der Waals surface area (Å²) in [6, 6.07) is 4.73. The number of nitro groups is 1. The van der Waals surface area contributed by atoms with Gasteiger partial charge < -0.3 is 5.32 Å². The van der Waals surface area contributed by atoms with E-state index in [1.807, 2.05) is 19.1 Å². The van der Waals surface area contributed by atoms with E-state index in [-0.39, 0.29) is 11.3 Å². The van der Waals surface area contributed by atoms with Gasteiger partial charge in [0.1, 0.15) is 5.56 Å². The maximum atomic E-state index is 11.8. The average Bonchev–Trinajstić information content (AvgIpc) is 2.33. The third-order valence-corrected chi connectivity index (χ3v) is 2.50. The highest BCUT2D eigenvalue weighted by Crippen LogP contribution is 2.22. The summed E-state index contributed by atoms with van der Waals surface area (Å²) in [5.41, 5.74) is 0.475. The molecule has 0 aliphatic rings. The second-order valence-electron chi connectivity index (χ2n) is 3.84. The number of nitro benzene ring substituents is 1. The fourth-order valence-electron chi connectivity index (χ4n) is 1.62. The van der Waals surface area contributed by atoms with Crippen molar-refractivity contribution in [1.29, 1.82) is 0 Å². The number of allylic oxidation sites excluding steroid dienone is 1. The van der Waals surface area contributed by atoms with Crippen LogP contribution in [0.1, 0.15) is 29.3 Å². The Labute approximate surface area is 106 Å². The molecule has 1 rings (SSSR count). The Bertz CT molecular complexity index is 481. The van der Waals surface area contributed by atoms with Gasteiger partial charge in [0.2, 0.25) is 0 Å². The zero-order valence-electron chi connectivity index (χ0n) is 10.5. The first-order valence-corrected chi connectivity index (χ1v) is 5.71. The molecule has 0 aliphatic heterocycles. The highest BCUT2D eigenvalue weighted by atomic mass is 16.6. The Kier molecular flexibility index (Phi) is 5.05. The molecule has 0 fully saturated rings. The van der Waals surface area contributed by atoms with E-state index in [0.717, 1.165) is 0 Å². The average molecular weight is 248 g/mol. The van der Waals surface area contributed by atoms with E-state index in [0.29, 0.717) is 18.5 Å². The molecule has 18 heavy (non-hydrogen) atoms. The summed E-state index contributed by atoms with van der Waals surface area (Å²) in [7, 11) is 0. The molecule has 0 unspecified atom stereocenters. The molecule has 0 saturated carbocycles.